The van der Waals surface area contributed by atoms with Crippen LogP contribution in [0.5, 0.6) is 0 Å². The molecule has 2 unspecified atom stereocenters. The molecular weight excluding hydrogens is 228 g/mol. The summed E-state index contributed by atoms with van der Waals surface area (Å²) in [7, 11) is 0. The van der Waals surface area contributed by atoms with Gasteiger partial charge in [0, 0.05) is 6.42 Å². The van der Waals surface area contributed by atoms with Crippen LogP contribution in [0.25, 0.3) is 0 Å². The van der Waals surface area contributed by atoms with Crippen molar-refractivity contribution in [3.8, 4) is 0 Å². The smallest absolute Gasteiger partial charge is 0.341 e. The number of carbonyl (C=O) groups is 2. The average molecular weight is 246 g/mol. The Bertz CT molecular complexity index is 285. The summed E-state index contributed by atoms with van der Waals surface area (Å²) in [4.78, 5) is 22.9. The molecule has 2 N–H and O–H groups in total. The molecule has 6 heteroatoms. The average Bonchev–Trinajstić information content (AvgIpc) is 2.89. The second-order valence-corrected chi connectivity index (χ2v) is 4.17. The van der Waals surface area contributed by atoms with Crippen LogP contribution in [-0.4, -0.2) is 46.6 Å². The van der Waals surface area contributed by atoms with Gasteiger partial charge in [-0.2, -0.15) is 0 Å². The first-order valence-corrected chi connectivity index (χ1v) is 5.71. The van der Waals surface area contributed by atoms with E-state index in [1.807, 2.05) is 0 Å². The molecule has 6 nitrogen and oxygen atoms in total. The van der Waals surface area contributed by atoms with Crippen LogP contribution in [-0.2, 0) is 19.1 Å². The summed E-state index contributed by atoms with van der Waals surface area (Å²) in [6.45, 7) is 3.88. The van der Waals surface area contributed by atoms with Crippen LogP contribution in [0.3, 0.4) is 0 Å². The SMILES string of the molecule is CCCOC(=O)C1(O)CC1(O)C(=O)OCCC. The van der Waals surface area contributed by atoms with Crippen molar-refractivity contribution in [2.24, 2.45) is 0 Å². The molecule has 1 aliphatic rings. The van der Waals surface area contributed by atoms with Gasteiger partial charge in [-0.1, -0.05) is 13.8 Å². The Hall–Kier alpha value is -1.14. The minimum Gasteiger partial charge on any atom is -0.463 e. The van der Waals surface area contributed by atoms with E-state index in [1.165, 1.54) is 0 Å². The molecule has 0 aromatic heterocycles. The zero-order chi connectivity index (χ0) is 13.1. The molecule has 0 aromatic carbocycles. The molecular formula is C11H18O6. The zero-order valence-electron chi connectivity index (χ0n) is 10.1. The van der Waals surface area contributed by atoms with Gasteiger partial charge in [-0.15, -0.1) is 0 Å². The van der Waals surface area contributed by atoms with Crippen molar-refractivity contribution < 1.29 is 29.3 Å². The van der Waals surface area contributed by atoms with E-state index >= 15 is 0 Å². The highest BCUT2D eigenvalue weighted by atomic mass is 16.6. The highest BCUT2D eigenvalue weighted by molar-refractivity contribution is 5.99. The molecule has 0 amide bonds. The van der Waals surface area contributed by atoms with Crippen molar-refractivity contribution in [1.29, 1.82) is 0 Å². The van der Waals surface area contributed by atoms with Crippen molar-refractivity contribution in [2.45, 2.75) is 44.3 Å². The van der Waals surface area contributed by atoms with E-state index in [9.17, 15) is 19.8 Å². The summed E-state index contributed by atoms with van der Waals surface area (Å²) in [6.07, 6.45) is 0.826. The van der Waals surface area contributed by atoms with Crippen LogP contribution in [0.15, 0.2) is 0 Å². The van der Waals surface area contributed by atoms with Gasteiger partial charge in [0.2, 0.25) is 11.2 Å². The molecule has 98 valence electrons. The number of ether oxygens (including phenoxy) is 2. The van der Waals surface area contributed by atoms with Crippen molar-refractivity contribution >= 4 is 11.9 Å². The molecule has 0 aliphatic heterocycles. The van der Waals surface area contributed by atoms with Crippen LogP contribution in [0.4, 0.5) is 0 Å². The normalized spacial score (nSPS) is 30.8. The van der Waals surface area contributed by atoms with Crippen molar-refractivity contribution in [1.82, 2.24) is 0 Å². The van der Waals surface area contributed by atoms with Gasteiger partial charge in [0.25, 0.3) is 0 Å². The first-order valence-electron chi connectivity index (χ1n) is 5.71. The molecule has 0 heterocycles. The second kappa shape index (κ2) is 5.01. The topological polar surface area (TPSA) is 93.1 Å². The molecule has 1 saturated carbocycles. The van der Waals surface area contributed by atoms with Crippen molar-refractivity contribution in [3.63, 3.8) is 0 Å². The van der Waals surface area contributed by atoms with E-state index in [4.69, 9.17) is 9.47 Å². The van der Waals surface area contributed by atoms with E-state index in [1.54, 1.807) is 13.8 Å². The van der Waals surface area contributed by atoms with Crippen LogP contribution < -0.4 is 0 Å². The van der Waals surface area contributed by atoms with Gasteiger partial charge >= 0.3 is 11.9 Å². The maximum Gasteiger partial charge on any atom is 0.341 e. The summed E-state index contributed by atoms with van der Waals surface area (Å²) >= 11 is 0. The van der Waals surface area contributed by atoms with Crippen LogP contribution in [0.2, 0.25) is 0 Å². The molecule has 0 aromatic rings. The number of carbonyl (C=O) groups excluding carboxylic acids is 2. The van der Waals surface area contributed by atoms with Crippen molar-refractivity contribution in [2.75, 3.05) is 13.2 Å². The molecule has 0 saturated heterocycles. The number of hydrogen-bond donors (Lipinski definition) is 2. The third-order valence-corrected chi connectivity index (χ3v) is 2.62. The maximum atomic E-state index is 11.4. The van der Waals surface area contributed by atoms with E-state index in [0.717, 1.165) is 0 Å². The van der Waals surface area contributed by atoms with Gasteiger partial charge < -0.3 is 19.7 Å². The first kappa shape index (κ1) is 13.9. The van der Waals surface area contributed by atoms with E-state index in [0.29, 0.717) is 12.8 Å². The quantitative estimate of drug-likeness (QED) is 0.628. The molecule has 1 rings (SSSR count). The summed E-state index contributed by atoms with van der Waals surface area (Å²) in [6, 6.07) is 0. The lowest BCUT2D eigenvalue weighted by Gasteiger charge is -2.14. The largest absolute Gasteiger partial charge is 0.463 e. The van der Waals surface area contributed by atoms with Crippen LogP contribution in [0.1, 0.15) is 33.1 Å². The first-order chi connectivity index (χ1) is 7.92. The molecule has 0 bridgehead atoms. The minimum atomic E-state index is -2.15. The predicted octanol–water partition coefficient (Wildman–Crippen LogP) is -0.241. The monoisotopic (exact) mass is 246 g/mol. The van der Waals surface area contributed by atoms with Gasteiger partial charge in [-0.25, -0.2) is 9.59 Å². The lowest BCUT2D eigenvalue weighted by atomic mass is 10.2. The third-order valence-electron chi connectivity index (χ3n) is 2.62. The second-order valence-electron chi connectivity index (χ2n) is 4.17. The number of esters is 2. The summed E-state index contributed by atoms with van der Waals surface area (Å²) < 4.78 is 9.42. The summed E-state index contributed by atoms with van der Waals surface area (Å²) in [5.41, 5.74) is -4.29. The highest BCUT2D eigenvalue weighted by Crippen LogP contribution is 2.49. The Morgan fingerprint density at radius 3 is 1.65 bits per heavy atom. The summed E-state index contributed by atoms with van der Waals surface area (Å²) in [5.74, 6) is -1.95. The Morgan fingerprint density at radius 2 is 1.35 bits per heavy atom. The molecule has 2 atom stereocenters. The van der Waals surface area contributed by atoms with Crippen LogP contribution in [0, 0.1) is 0 Å². The van der Waals surface area contributed by atoms with E-state index in [-0.39, 0.29) is 19.6 Å². The highest BCUT2D eigenvalue weighted by Gasteiger charge is 2.78. The maximum absolute atomic E-state index is 11.4. The molecule has 17 heavy (non-hydrogen) atoms. The molecule has 0 spiro atoms. The van der Waals surface area contributed by atoms with Gasteiger partial charge in [0.1, 0.15) is 0 Å². The third kappa shape index (κ3) is 2.42. The van der Waals surface area contributed by atoms with Crippen LogP contribution >= 0.6 is 0 Å². The predicted molar refractivity (Wildman–Crippen MR) is 57.0 cm³/mol. The van der Waals surface area contributed by atoms with Crippen molar-refractivity contribution in [3.05, 3.63) is 0 Å². The Labute approximate surface area is 99.5 Å². The van der Waals surface area contributed by atoms with Gasteiger partial charge in [-0.05, 0) is 12.8 Å². The molecule has 0 radical (unpaired) electrons. The van der Waals surface area contributed by atoms with Gasteiger partial charge in [-0.3, -0.25) is 0 Å². The van der Waals surface area contributed by atoms with Gasteiger partial charge in [0.05, 0.1) is 13.2 Å². The Balaban J connectivity index is 2.58. The lowest BCUT2D eigenvalue weighted by molar-refractivity contribution is -0.173. The van der Waals surface area contributed by atoms with E-state index in [2.05, 4.69) is 0 Å². The fraction of sp³-hybridized carbons (Fsp3) is 0.818. The number of aliphatic hydroxyl groups is 2. The standard InChI is InChI=1S/C11H18O6/c1-3-5-16-8(12)10(14)7-11(10,15)9(13)17-6-4-2/h14-15H,3-7H2,1-2H3. The Morgan fingerprint density at radius 1 is 1.00 bits per heavy atom. The van der Waals surface area contributed by atoms with Gasteiger partial charge in [0.15, 0.2) is 0 Å². The number of rotatable bonds is 6. The number of hydrogen-bond acceptors (Lipinski definition) is 6. The molecule has 1 fully saturated rings. The summed E-state index contributed by atoms with van der Waals surface area (Å²) in [5, 5.41) is 19.6. The van der Waals surface area contributed by atoms with E-state index < -0.39 is 23.1 Å². The zero-order valence-corrected chi connectivity index (χ0v) is 10.1. The fourth-order valence-electron chi connectivity index (χ4n) is 1.44. The molecule has 1 aliphatic carbocycles. The fourth-order valence-corrected chi connectivity index (χ4v) is 1.44. The Kier molecular flexibility index (Phi) is 4.11. The lowest BCUT2D eigenvalue weighted by Crippen LogP contribution is -2.41. The minimum absolute atomic E-state index is 0.140.